The van der Waals surface area contributed by atoms with E-state index in [-0.39, 0.29) is 24.6 Å². The van der Waals surface area contributed by atoms with Crippen molar-refractivity contribution < 1.29 is 14.4 Å². The molecular formula is C16H22N4O3. The van der Waals surface area contributed by atoms with E-state index in [2.05, 4.69) is 20.8 Å². The number of anilines is 1. The predicted molar refractivity (Wildman–Crippen MR) is 87.1 cm³/mol. The van der Waals surface area contributed by atoms with Gasteiger partial charge >= 0.3 is 6.03 Å². The van der Waals surface area contributed by atoms with E-state index in [1.165, 1.54) is 0 Å². The summed E-state index contributed by atoms with van der Waals surface area (Å²) < 4.78 is 5.23. The summed E-state index contributed by atoms with van der Waals surface area (Å²) in [6.45, 7) is 5.87. The number of hydrogen-bond acceptors (Lipinski definition) is 5. The Hall–Kier alpha value is -2.41. The summed E-state index contributed by atoms with van der Waals surface area (Å²) in [4.78, 5) is 16.1. The maximum absolute atomic E-state index is 11.8. The van der Waals surface area contributed by atoms with Gasteiger partial charge in [0.1, 0.15) is 0 Å². The molecule has 0 unspecified atom stereocenters. The molecule has 3 N–H and O–H groups in total. The van der Waals surface area contributed by atoms with Crippen LogP contribution in [0.1, 0.15) is 38.9 Å². The molecule has 1 aromatic carbocycles. The Morgan fingerprint density at radius 1 is 1.26 bits per heavy atom. The SMILES string of the molecule is CC(C)c1noc(-c2ccc(NC(=O)N[C@H](C)CCO)cc2)n1. The van der Waals surface area contributed by atoms with Crippen molar-refractivity contribution in [2.45, 2.75) is 39.2 Å². The Balaban J connectivity index is 1.97. The van der Waals surface area contributed by atoms with Gasteiger partial charge in [0, 0.05) is 29.8 Å². The number of benzene rings is 1. The Morgan fingerprint density at radius 3 is 2.52 bits per heavy atom. The molecule has 23 heavy (non-hydrogen) atoms. The molecule has 0 spiro atoms. The third-order valence-corrected chi connectivity index (χ3v) is 3.29. The van der Waals surface area contributed by atoms with Crippen LogP contribution in [-0.4, -0.2) is 33.9 Å². The summed E-state index contributed by atoms with van der Waals surface area (Å²) in [5.41, 5.74) is 1.45. The molecule has 0 aliphatic heterocycles. The number of hydrogen-bond donors (Lipinski definition) is 3. The second-order valence-electron chi connectivity index (χ2n) is 5.70. The summed E-state index contributed by atoms with van der Waals surface area (Å²) in [5, 5.41) is 18.2. The van der Waals surface area contributed by atoms with Gasteiger partial charge in [-0.1, -0.05) is 19.0 Å². The van der Waals surface area contributed by atoms with Crippen molar-refractivity contribution in [2.75, 3.05) is 11.9 Å². The lowest BCUT2D eigenvalue weighted by Gasteiger charge is -2.13. The molecule has 0 radical (unpaired) electrons. The van der Waals surface area contributed by atoms with E-state index >= 15 is 0 Å². The molecule has 0 saturated heterocycles. The van der Waals surface area contributed by atoms with Crippen LogP contribution in [0.5, 0.6) is 0 Å². The van der Waals surface area contributed by atoms with Crippen molar-refractivity contribution in [3.8, 4) is 11.5 Å². The predicted octanol–water partition coefficient (Wildman–Crippen LogP) is 2.75. The smallest absolute Gasteiger partial charge is 0.319 e. The highest BCUT2D eigenvalue weighted by molar-refractivity contribution is 5.89. The molecule has 2 amide bonds. The van der Waals surface area contributed by atoms with E-state index in [0.717, 1.165) is 5.56 Å². The minimum Gasteiger partial charge on any atom is -0.396 e. The number of nitrogens with one attached hydrogen (secondary N) is 2. The first-order valence-electron chi connectivity index (χ1n) is 7.62. The number of urea groups is 1. The Morgan fingerprint density at radius 2 is 1.96 bits per heavy atom. The van der Waals surface area contributed by atoms with Gasteiger partial charge < -0.3 is 20.3 Å². The van der Waals surface area contributed by atoms with Gasteiger partial charge in [0.15, 0.2) is 5.82 Å². The molecule has 2 aromatic rings. The highest BCUT2D eigenvalue weighted by Crippen LogP contribution is 2.21. The van der Waals surface area contributed by atoms with Crippen LogP contribution in [0.25, 0.3) is 11.5 Å². The van der Waals surface area contributed by atoms with Crippen molar-refractivity contribution in [2.24, 2.45) is 0 Å². The van der Waals surface area contributed by atoms with Crippen molar-refractivity contribution in [1.82, 2.24) is 15.5 Å². The fraction of sp³-hybridized carbons (Fsp3) is 0.438. The number of rotatable bonds is 6. The highest BCUT2D eigenvalue weighted by atomic mass is 16.5. The highest BCUT2D eigenvalue weighted by Gasteiger charge is 2.12. The van der Waals surface area contributed by atoms with Crippen molar-refractivity contribution in [3.63, 3.8) is 0 Å². The summed E-state index contributed by atoms with van der Waals surface area (Å²) >= 11 is 0. The van der Waals surface area contributed by atoms with Crippen LogP contribution in [0.4, 0.5) is 10.5 Å². The van der Waals surface area contributed by atoms with Gasteiger partial charge in [-0.2, -0.15) is 4.98 Å². The van der Waals surface area contributed by atoms with Gasteiger partial charge in [-0.3, -0.25) is 0 Å². The molecule has 7 nitrogen and oxygen atoms in total. The summed E-state index contributed by atoms with van der Waals surface area (Å²) in [5.74, 6) is 1.33. The van der Waals surface area contributed by atoms with Gasteiger partial charge in [-0.25, -0.2) is 4.79 Å². The zero-order valence-corrected chi connectivity index (χ0v) is 13.5. The molecule has 0 bridgehead atoms. The molecular weight excluding hydrogens is 296 g/mol. The summed E-state index contributed by atoms with van der Waals surface area (Å²) in [6, 6.07) is 6.76. The summed E-state index contributed by atoms with van der Waals surface area (Å²) in [6.07, 6.45) is 0.516. The number of aliphatic hydroxyl groups excluding tert-OH is 1. The first-order chi connectivity index (χ1) is 11.0. The quantitative estimate of drug-likeness (QED) is 0.760. The molecule has 2 rings (SSSR count). The lowest BCUT2D eigenvalue weighted by Crippen LogP contribution is -2.36. The van der Waals surface area contributed by atoms with Crippen LogP contribution in [0.2, 0.25) is 0 Å². The van der Waals surface area contributed by atoms with Gasteiger partial charge in [0.05, 0.1) is 0 Å². The Kier molecular flexibility index (Phi) is 5.70. The Labute approximate surface area is 135 Å². The van der Waals surface area contributed by atoms with E-state index in [1.807, 2.05) is 32.9 Å². The average molecular weight is 318 g/mol. The van der Waals surface area contributed by atoms with Crippen LogP contribution < -0.4 is 10.6 Å². The van der Waals surface area contributed by atoms with Gasteiger partial charge in [0.2, 0.25) is 0 Å². The number of nitrogens with zero attached hydrogens (tertiary/aromatic N) is 2. The fourth-order valence-corrected chi connectivity index (χ4v) is 1.94. The second-order valence-corrected chi connectivity index (χ2v) is 5.70. The van der Waals surface area contributed by atoms with E-state index in [0.29, 0.717) is 23.8 Å². The number of amides is 2. The zero-order valence-electron chi connectivity index (χ0n) is 13.5. The van der Waals surface area contributed by atoms with E-state index in [1.54, 1.807) is 12.1 Å². The lowest BCUT2D eigenvalue weighted by molar-refractivity contribution is 0.241. The topological polar surface area (TPSA) is 100 Å². The molecule has 0 aliphatic rings. The third kappa shape index (κ3) is 4.79. The van der Waals surface area contributed by atoms with E-state index in [9.17, 15) is 4.79 Å². The minimum atomic E-state index is -0.307. The Bertz CT molecular complexity index is 637. The number of aliphatic hydroxyl groups is 1. The first-order valence-corrected chi connectivity index (χ1v) is 7.62. The molecule has 1 heterocycles. The number of aromatic nitrogens is 2. The van der Waals surface area contributed by atoms with Crippen molar-refractivity contribution >= 4 is 11.7 Å². The largest absolute Gasteiger partial charge is 0.396 e. The molecule has 1 aromatic heterocycles. The van der Waals surface area contributed by atoms with Gasteiger partial charge in [-0.05, 0) is 37.6 Å². The number of carbonyl (C=O) groups is 1. The van der Waals surface area contributed by atoms with E-state index < -0.39 is 0 Å². The first kappa shape index (κ1) is 17.0. The lowest BCUT2D eigenvalue weighted by atomic mass is 10.2. The van der Waals surface area contributed by atoms with Crippen LogP contribution in [0, 0.1) is 0 Å². The molecule has 0 aliphatic carbocycles. The molecule has 0 saturated carbocycles. The second kappa shape index (κ2) is 7.73. The third-order valence-electron chi connectivity index (χ3n) is 3.29. The van der Waals surface area contributed by atoms with Crippen LogP contribution >= 0.6 is 0 Å². The summed E-state index contributed by atoms with van der Waals surface area (Å²) in [7, 11) is 0. The molecule has 0 fully saturated rings. The zero-order chi connectivity index (χ0) is 16.8. The average Bonchev–Trinajstić information content (AvgIpc) is 2.98. The number of carbonyl (C=O) groups excluding carboxylic acids is 1. The fourth-order valence-electron chi connectivity index (χ4n) is 1.94. The van der Waals surface area contributed by atoms with E-state index in [4.69, 9.17) is 9.63 Å². The maximum Gasteiger partial charge on any atom is 0.319 e. The maximum atomic E-state index is 11.8. The van der Waals surface area contributed by atoms with Crippen LogP contribution in [0.3, 0.4) is 0 Å². The molecule has 124 valence electrons. The van der Waals surface area contributed by atoms with Gasteiger partial charge in [-0.15, -0.1) is 0 Å². The minimum absolute atomic E-state index is 0.0404. The molecule has 1 atom stereocenters. The van der Waals surface area contributed by atoms with Crippen molar-refractivity contribution in [3.05, 3.63) is 30.1 Å². The van der Waals surface area contributed by atoms with Crippen LogP contribution in [-0.2, 0) is 0 Å². The van der Waals surface area contributed by atoms with Gasteiger partial charge in [0.25, 0.3) is 5.89 Å². The molecule has 7 heteroatoms. The van der Waals surface area contributed by atoms with Crippen LogP contribution in [0.15, 0.2) is 28.8 Å². The standard InChI is InChI=1S/C16H22N4O3/c1-10(2)14-19-15(23-20-14)12-4-6-13(7-5-12)18-16(22)17-11(3)8-9-21/h4-7,10-11,21H,8-9H2,1-3H3,(H2,17,18,22)/t11-/m1/s1. The monoisotopic (exact) mass is 318 g/mol. The van der Waals surface area contributed by atoms with Crippen molar-refractivity contribution in [1.29, 1.82) is 0 Å². The normalized spacial score (nSPS) is 12.2.